The summed E-state index contributed by atoms with van der Waals surface area (Å²) in [7, 11) is 0. The van der Waals surface area contributed by atoms with Crippen LogP contribution < -0.4 is 16.0 Å². The molecule has 0 bridgehead atoms. The fraction of sp³-hybridized carbons (Fsp3) is 0.0714. The first-order valence-corrected chi connectivity index (χ1v) is 14.2. The average Bonchev–Trinajstić information content (AvgIpc) is 3.34. The first kappa shape index (κ1) is 28.4. The monoisotopic (exact) mass is 596 g/mol. The summed E-state index contributed by atoms with van der Waals surface area (Å²) >= 11 is 15.3. The second kappa shape index (κ2) is 13.4. The van der Waals surface area contributed by atoms with E-state index in [0.29, 0.717) is 32.0 Å². The molecule has 0 unspecified atom stereocenters. The summed E-state index contributed by atoms with van der Waals surface area (Å²) in [5, 5.41) is 11.3. The summed E-state index contributed by atoms with van der Waals surface area (Å²) in [5.74, 6) is -0.970. The lowest BCUT2D eigenvalue weighted by molar-refractivity contribution is -0.114. The quantitative estimate of drug-likeness (QED) is 0.144. The van der Waals surface area contributed by atoms with Gasteiger partial charge < -0.3 is 16.0 Å². The van der Waals surface area contributed by atoms with Crippen molar-refractivity contribution in [2.24, 2.45) is 0 Å². The maximum atomic E-state index is 13.2. The molecule has 1 aromatic heterocycles. The molecule has 0 saturated heterocycles. The van der Waals surface area contributed by atoms with E-state index in [2.05, 4.69) is 20.9 Å². The van der Waals surface area contributed by atoms with Crippen LogP contribution >= 0.6 is 46.3 Å². The summed E-state index contributed by atoms with van der Waals surface area (Å²) in [6.07, 6.45) is 1.44. The minimum Gasteiger partial charge on any atom is -0.321 e. The van der Waals surface area contributed by atoms with E-state index in [1.54, 1.807) is 72.8 Å². The van der Waals surface area contributed by atoms with Crippen LogP contribution in [0.25, 0.3) is 6.08 Å². The number of hydrogen-bond donors (Lipinski definition) is 3. The summed E-state index contributed by atoms with van der Waals surface area (Å²) in [4.78, 5) is 43.3. The van der Waals surface area contributed by atoms with Gasteiger partial charge in [-0.1, -0.05) is 47.5 Å². The molecule has 3 aromatic carbocycles. The third-order valence-corrected chi connectivity index (χ3v) is 7.71. The number of nitrogens with one attached hydrogen (secondary N) is 3. The zero-order valence-electron chi connectivity index (χ0n) is 20.5. The van der Waals surface area contributed by atoms with E-state index in [9.17, 15) is 14.4 Å². The number of carbonyl (C=O) groups is 3. The number of anilines is 2. The van der Waals surface area contributed by atoms with Crippen molar-refractivity contribution in [3.8, 4) is 0 Å². The zero-order valence-corrected chi connectivity index (χ0v) is 23.7. The Labute approximate surface area is 243 Å². The minimum absolute atomic E-state index is 0.0357. The van der Waals surface area contributed by atoms with Crippen molar-refractivity contribution >= 4 is 80.9 Å². The van der Waals surface area contributed by atoms with Gasteiger partial charge in [-0.25, -0.2) is 4.98 Å². The van der Waals surface area contributed by atoms with Gasteiger partial charge in [-0.2, -0.15) is 0 Å². The number of rotatable bonds is 9. The van der Waals surface area contributed by atoms with Crippen molar-refractivity contribution in [3.05, 3.63) is 111 Å². The molecular formula is C28H22Cl2N4O3S2. The van der Waals surface area contributed by atoms with Crippen molar-refractivity contribution < 1.29 is 14.4 Å². The van der Waals surface area contributed by atoms with Crippen molar-refractivity contribution in [2.45, 2.75) is 11.8 Å². The normalized spacial score (nSPS) is 11.1. The Balaban J connectivity index is 1.44. The number of amides is 3. The Morgan fingerprint density at radius 3 is 2.26 bits per heavy atom. The van der Waals surface area contributed by atoms with Gasteiger partial charge in [0.1, 0.15) is 5.70 Å². The van der Waals surface area contributed by atoms with Crippen LogP contribution in [-0.2, 0) is 9.59 Å². The fourth-order valence-corrected chi connectivity index (χ4v) is 5.19. The van der Waals surface area contributed by atoms with Crippen LogP contribution in [0.4, 0.5) is 10.8 Å². The predicted octanol–water partition coefficient (Wildman–Crippen LogP) is 6.90. The van der Waals surface area contributed by atoms with Gasteiger partial charge in [0, 0.05) is 37.1 Å². The van der Waals surface area contributed by atoms with Crippen LogP contribution in [0.2, 0.25) is 10.0 Å². The van der Waals surface area contributed by atoms with E-state index in [4.69, 9.17) is 23.2 Å². The molecule has 4 aromatic rings. The summed E-state index contributed by atoms with van der Waals surface area (Å²) in [6.45, 7) is 1.86. The highest BCUT2D eigenvalue weighted by molar-refractivity contribution is 8.00. The summed E-state index contributed by atoms with van der Waals surface area (Å²) < 4.78 is 0. The van der Waals surface area contributed by atoms with Crippen LogP contribution in [0.3, 0.4) is 0 Å². The molecule has 3 amide bonds. The number of benzene rings is 3. The first-order chi connectivity index (χ1) is 18.8. The predicted molar refractivity (Wildman–Crippen MR) is 160 cm³/mol. The zero-order chi connectivity index (χ0) is 27.8. The first-order valence-electron chi connectivity index (χ1n) is 11.6. The molecule has 0 aliphatic heterocycles. The Bertz CT molecular complexity index is 1500. The standard InChI is InChI=1S/C28H22Cl2N4O3S2/c1-17-15-39-28(31-17)34-25(35)16-38-20-12-10-19(11-13-20)32-27(37)24(14-21-22(29)8-5-9-23(21)30)33-26(36)18-6-3-2-4-7-18/h2-15H,16H2,1H3,(H,32,37)(H,33,36)(H,31,34,35)/b24-14-. The Hall–Kier alpha value is -3.63. The molecule has 7 nitrogen and oxygen atoms in total. The third kappa shape index (κ3) is 8.18. The lowest BCUT2D eigenvalue weighted by Gasteiger charge is -2.13. The number of hydrogen-bond acceptors (Lipinski definition) is 6. The van der Waals surface area contributed by atoms with Crippen LogP contribution in [0.5, 0.6) is 0 Å². The Kier molecular flexibility index (Phi) is 9.78. The molecule has 0 radical (unpaired) electrons. The maximum absolute atomic E-state index is 13.2. The number of thiazole rings is 1. The number of thioether (sulfide) groups is 1. The van der Waals surface area contributed by atoms with E-state index in [-0.39, 0.29) is 17.4 Å². The van der Waals surface area contributed by atoms with E-state index in [0.717, 1.165) is 10.6 Å². The molecule has 0 atom stereocenters. The molecule has 39 heavy (non-hydrogen) atoms. The minimum atomic E-state index is -0.561. The van der Waals surface area contributed by atoms with Crippen molar-refractivity contribution in [3.63, 3.8) is 0 Å². The molecule has 3 N–H and O–H groups in total. The number of aromatic nitrogens is 1. The highest BCUT2D eigenvalue weighted by Gasteiger charge is 2.17. The number of nitrogens with zero attached hydrogens (tertiary/aromatic N) is 1. The SMILES string of the molecule is Cc1csc(NC(=O)CSc2ccc(NC(=O)/C(=C/c3c(Cl)cccc3Cl)NC(=O)c3ccccc3)cc2)n1. The topological polar surface area (TPSA) is 100 Å². The highest BCUT2D eigenvalue weighted by Crippen LogP contribution is 2.27. The Morgan fingerprint density at radius 2 is 1.62 bits per heavy atom. The second-order valence-corrected chi connectivity index (χ2v) is 10.8. The lowest BCUT2D eigenvalue weighted by Crippen LogP contribution is -2.30. The largest absolute Gasteiger partial charge is 0.321 e. The summed E-state index contributed by atoms with van der Waals surface area (Å²) in [5.41, 5.74) is 2.10. The highest BCUT2D eigenvalue weighted by atomic mass is 35.5. The van der Waals surface area contributed by atoms with Gasteiger partial charge in [0.2, 0.25) is 5.91 Å². The molecule has 11 heteroatoms. The van der Waals surface area contributed by atoms with Crippen LogP contribution in [0.15, 0.2) is 88.8 Å². The molecule has 198 valence electrons. The Morgan fingerprint density at radius 1 is 0.923 bits per heavy atom. The van der Waals surface area contributed by atoms with Gasteiger partial charge in [0.15, 0.2) is 5.13 Å². The number of aryl methyl sites for hydroxylation is 1. The third-order valence-electron chi connectivity index (χ3n) is 5.16. The van der Waals surface area contributed by atoms with Crippen LogP contribution in [0, 0.1) is 6.92 Å². The van der Waals surface area contributed by atoms with Crippen molar-refractivity contribution in [1.82, 2.24) is 10.3 Å². The molecule has 0 spiro atoms. The molecule has 0 saturated carbocycles. The molecule has 0 aliphatic rings. The molecular weight excluding hydrogens is 575 g/mol. The van der Waals surface area contributed by atoms with Gasteiger partial charge in [-0.15, -0.1) is 23.1 Å². The van der Waals surface area contributed by atoms with Gasteiger partial charge in [0.25, 0.3) is 11.8 Å². The van der Waals surface area contributed by atoms with E-state index >= 15 is 0 Å². The van der Waals surface area contributed by atoms with Crippen molar-refractivity contribution in [2.75, 3.05) is 16.4 Å². The van der Waals surface area contributed by atoms with Gasteiger partial charge in [-0.05, 0) is 61.5 Å². The van der Waals surface area contributed by atoms with E-state index in [1.807, 2.05) is 12.3 Å². The number of halogens is 2. The maximum Gasteiger partial charge on any atom is 0.272 e. The smallest absolute Gasteiger partial charge is 0.272 e. The van der Waals surface area contributed by atoms with Crippen LogP contribution in [0.1, 0.15) is 21.6 Å². The lowest BCUT2D eigenvalue weighted by atomic mass is 10.1. The molecule has 4 rings (SSSR count). The fourth-order valence-electron chi connectivity index (χ4n) is 3.28. The number of carbonyl (C=O) groups excluding carboxylic acids is 3. The van der Waals surface area contributed by atoms with E-state index < -0.39 is 11.8 Å². The van der Waals surface area contributed by atoms with Gasteiger partial charge in [-0.3, -0.25) is 14.4 Å². The average molecular weight is 598 g/mol. The molecule has 1 heterocycles. The van der Waals surface area contributed by atoms with Gasteiger partial charge in [0.05, 0.1) is 11.4 Å². The molecule has 0 aliphatic carbocycles. The van der Waals surface area contributed by atoms with Crippen molar-refractivity contribution in [1.29, 1.82) is 0 Å². The second-order valence-electron chi connectivity index (χ2n) is 8.12. The van der Waals surface area contributed by atoms with Gasteiger partial charge >= 0.3 is 0 Å². The summed E-state index contributed by atoms with van der Waals surface area (Å²) in [6, 6.07) is 20.5. The van der Waals surface area contributed by atoms with Crippen LogP contribution in [-0.4, -0.2) is 28.5 Å². The molecule has 0 fully saturated rings. The van der Waals surface area contributed by atoms with E-state index in [1.165, 1.54) is 29.2 Å².